The largest absolute Gasteiger partial charge is 0.491 e. The predicted octanol–water partition coefficient (Wildman–Crippen LogP) is 2.56. The minimum atomic E-state index is 0.444. The van der Waals surface area contributed by atoms with Crippen molar-refractivity contribution in [2.45, 2.75) is 19.8 Å². The zero-order valence-corrected chi connectivity index (χ0v) is 9.61. The van der Waals surface area contributed by atoms with Crippen LogP contribution in [0.4, 0.5) is 0 Å². The Labute approximate surface area is 96.6 Å². The molecule has 3 heteroatoms. The van der Waals surface area contributed by atoms with Gasteiger partial charge >= 0.3 is 0 Å². The smallest absolute Gasteiger partial charge is 0.119 e. The van der Waals surface area contributed by atoms with Crippen LogP contribution >= 0.6 is 0 Å². The Morgan fingerprint density at radius 3 is 2.50 bits per heavy atom. The lowest BCUT2D eigenvalue weighted by Gasteiger charge is -2.06. The molecule has 3 nitrogen and oxygen atoms in total. The average molecular weight is 219 g/mol. The molecule has 0 aliphatic rings. The molecule has 0 bridgehead atoms. The van der Waals surface area contributed by atoms with E-state index in [0.717, 1.165) is 24.3 Å². The lowest BCUT2D eigenvalue weighted by molar-refractivity contribution is 0.101. The van der Waals surface area contributed by atoms with E-state index in [-0.39, 0.29) is 0 Å². The van der Waals surface area contributed by atoms with E-state index in [1.165, 1.54) is 0 Å². The first-order chi connectivity index (χ1) is 7.86. The molecule has 0 saturated heterocycles. The Balaban J connectivity index is 2.24. The molecule has 0 aliphatic heterocycles. The van der Waals surface area contributed by atoms with Gasteiger partial charge in [-0.05, 0) is 24.1 Å². The quantitative estimate of drug-likeness (QED) is 0.662. The predicted molar refractivity (Wildman–Crippen MR) is 62.4 cm³/mol. The van der Waals surface area contributed by atoms with Crippen molar-refractivity contribution in [3.05, 3.63) is 29.8 Å². The van der Waals surface area contributed by atoms with Gasteiger partial charge < -0.3 is 9.47 Å². The summed E-state index contributed by atoms with van der Waals surface area (Å²) in [6.07, 6.45) is 1.47. The van der Waals surface area contributed by atoms with Crippen molar-refractivity contribution in [3.63, 3.8) is 0 Å². The maximum absolute atomic E-state index is 8.52. The van der Waals surface area contributed by atoms with Crippen LogP contribution in [-0.2, 0) is 11.2 Å². The molecule has 0 radical (unpaired) electrons. The summed E-state index contributed by atoms with van der Waals surface area (Å²) in [5.41, 5.74) is 1.01. The lowest BCUT2D eigenvalue weighted by Crippen LogP contribution is -2.07. The third kappa shape index (κ3) is 4.81. The molecule has 0 unspecified atom stereocenters. The zero-order chi connectivity index (χ0) is 11.6. The SMILES string of the molecule is CCCOCCOc1ccc(CC#N)cc1. The van der Waals surface area contributed by atoms with Gasteiger partial charge in [0, 0.05) is 6.61 Å². The number of ether oxygens (including phenoxy) is 2. The summed E-state index contributed by atoms with van der Waals surface area (Å²) < 4.78 is 10.8. The fourth-order valence-corrected chi connectivity index (χ4v) is 1.26. The summed E-state index contributed by atoms with van der Waals surface area (Å²) in [7, 11) is 0. The van der Waals surface area contributed by atoms with Gasteiger partial charge in [0.05, 0.1) is 19.1 Å². The first-order valence-corrected chi connectivity index (χ1v) is 5.53. The molecule has 0 saturated carbocycles. The number of hydrogen-bond acceptors (Lipinski definition) is 3. The number of benzene rings is 1. The van der Waals surface area contributed by atoms with Crippen LogP contribution in [0.15, 0.2) is 24.3 Å². The molecule has 0 amide bonds. The minimum absolute atomic E-state index is 0.444. The van der Waals surface area contributed by atoms with Crippen LogP contribution < -0.4 is 4.74 Å². The van der Waals surface area contributed by atoms with Gasteiger partial charge in [0.2, 0.25) is 0 Å². The number of rotatable bonds is 7. The first kappa shape index (κ1) is 12.5. The molecule has 16 heavy (non-hydrogen) atoms. The van der Waals surface area contributed by atoms with Crippen LogP contribution in [0.1, 0.15) is 18.9 Å². The topological polar surface area (TPSA) is 42.2 Å². The van der Waals surface area contributed by atoms with Crippen molar-refractivity contribution in [2.75, 3.05) is 19.8 Å². The zero-order valence-electron chi connectivity index (χ0n) is 9.61. The second-order valence-corrected chi connectivity index (χ2v) is 3.44. The van der Waals surface area contributed by atoms with E-state index in [4.69, 9.17) is 14.7 Å². The summed E-state index contributed by atoms with van der Waals surface area (Å²) in [6, 6.07) is 9.69. The molecule has 0 heterocycles. The highest BCUT2D eigenvalue weighted by Gasteiger charge is 1.95. The van der Waals surface area contributed by atoms with E-state index < -0.39 is 0 Å². The van der Waals surface area contributed by atoms with Crippen molar-refractivity contribution < 1.29 is 9.47 Å². The van der Waals surface area contributed by atoms with Crippen LogP contribution in [0.3, 0.4) is 0 Å². The summed E-state index contributed by atoms with van der Waals surface area (Å²) >= 11 is 0. The lowest BCUT2D eigenvalue weighted by atomic mass is 10.2. The van der Waals surface area contributed by atoms with E-state index in [2.05, 4.69) is 13.0 Å². The fourth-order valence-electron chi connectivity index (χ4n) is 1.26. The Morgan fingerprint density at radius 1 is 1.12 bits per heavy atom. The average Bonchev–Trinajstić information content (AvgIpc) is 2.31. The summed E-state index contributed by atoms with van der Waals surface area (Å²) in [6.45, 7) is 4.05. The van der Waals surface area contributed by atoms with Crippen molar-refractivity contribution in [2.24, 2.45) is 0 Å². The summed E-state index contributed by atoms with van der Waals surface area (Å²) in [5.74, 6) is 0.821. The van der Waals surface area contributed by atoms with Gasteiger partial charge in [0.1, 0.15) is 12.4 Å². The molecule has 0 N–H and O–H groups in total. The third-order valence-corrected chi connectivity index (χ3v) is 2.05. The molecule has 86 valence electrons. The van der Waals surface area contributed by atoms with Gasteiger partial charge in [-0.1, -0.05) is 19.1 Å². The minimum Gasteiger partial charge on any atom is -0.491 e. The highest BCUT2D eigenvalue weighted by Crippen LogP contribution is 2.12. The van der Waals surface area contributed by atoms with E-state index in [1.807, 2.05) is 24.3 Å². The number of nitrogens with zero attached hydrogens (tertiary/aromatic N) is 1. The Morgan fingerprint density at radius 2 is 1.88 bits per heavy atom. The highest BCUT2D eigenvalue weighted by molar-refractivity contribution is 5.28. The van der Waals surface area contributed by atoms with Crippen molar-refractivity contribution >= 4 is 0 Å². The second-order valence-electron chi connectivity index (χ2n) is 3.44. The Hall–Kier alpha value is -1.53. The van der Waals surface area contributed by atoms with Crippen LogP contribution in [0.2, 0.25) is 0 Å². The molecule has 0 aromatic heterocycles. The summed E-state index contributed by atoms with van der Waals surface area (Å²) in [4.78, 5) is 0. The molecule has 1 aromatic rings. The van der Waals surface area contributed by atoms with Gasteiger partial charge in [-0.2, -0.15) is 5.26 Å². The van der Waals surface area contributed by atoms with E-state index in [9.17, 15) is 0 Å². The van der Waals surface area contributed by atoms with Crippen LogP contribution in [0.5, 0.6) is 5.75 Å². The standard InChI is InChI=1S/C13H17NO2/c1-2-9-15-10-11-16-13-5-3-12(4-6-13)7-8-14/h3-6H,2,7,9-11H2,1H3. The molecule has 1 aromatic carbocycles. The van der Waals surface area contributed by atoms with Crippen molar-refractivity contribution in [1.82, 2.24) is 0 Å². The van der Waals surface area contributed by atoms with E-state index in [0.29, 0.717) is 19.6 Å². The molecule has 0 spiro atoms. The van der Waals surface area contributed by atoms with Gasteiger partial charge in [0.15, 0.2) is 0 Å². The van der Waals surface area contributed by atoms with E-state index >= 15 is 0 Å². The molecule has 0 aliphatic carbocycles. The van der Waals surface area contributed by atoms with Gasteiger partial charge in [-0.25, -0.2) is 0 Å². The van der Waals surface area contributed by atoms with Crippen LogP contribution in [0.25, 0.3) is 0 Å². The number of nitriles is 1. The molecule has 0 atom stereocenters. The van der Waals surface area contributed by atoms with Gasteiger partial charge in [0.25, 0.3) is 0 Å². The van der Waals surface area contributed by atoms with Gasteiger partial charge in [-0.15, -0.1) is 0 Å². The summed E-state index contributed by atoms with van der Waals surface area (Å²) in [5, 5.41) is 8.52. The monoisotopic (exact) mass is 219 g/mol. The maximum Gasteiger partial charge on any atom is 0.119 e. The maximum atomic E-state index is 8.52. The number of hydrogen-bond donors (Lipinski definition) is 0. The highest BCUT2D eigenvalue weighted by atomic mass is 16.5. The third-order valence-electron chi connectivity index (χ3n) is 2.05. The first-order valence-electron chi connectivity index (χ1n) is 5.53. The van der Waals surface area contributed by atoms with E-state index in [1.54, 1.807) is 0 Å². The molecular weight excluding hydrogens is 202 g/mol. The van der Waals surface area contributed by atoms with Crippen molar-refractivity contribution in [3.8, 4) is 11.8 Å². The van der Waals surface area contributed by atoms with Crippen LogP contribution in [-0.4, -0.2) is 19.8 Å². The normalized spacial score (nSPS) is 9.75. The molecule has 1 rings (SSSR count). The molecule has 0 fully saturated rings. The van der Waals surface area contributed by atoms with Gasteiger partial charge in [-0.3, -0.25) is 0 Å². The Kier molecular flexibility index (Phi) is 6.05. The second kappa shape index (κ2) is 7.72. The van der Waals surface area contributed by atoms with Crippen molar-refractivity contribution in [1.29, 1.82) is 5.26 Å². The van der Waals surface area contributed by atoms with Crippen LogP contribution in [0, 0.1) is 11.3 Å². The molecular formula is C13H17NO2. The Bertz CT molecular complexity index is 327. The fraction of sp³-hybridized carbons (Fsp3) is 0.462.